The van der Waals surface area contributed by atoms with Crippen molar-refractivity contribution in [2.24, 2.45) is 5.41 Å². The minimum atomic E-state index is -0.497. The number of carbonyl (C=O) groups is 1. The smallest absolute Gasteiger partial charge is 0.312 e. The lowest BCUT2D eigenvalue weighted by atomic mass is 9.94. The summed E-state index contributed by atoms with van der Waals surface area (Å²) in [6.07, 6.45) is 0. The van der Waals surface area contributed by atoms with Crippen LogP contribution < -0.4 is 5.32 Å². The first-order valence-electron chi connectivity index (χ1n) is 5.41. The van der Waals surface area contributed by atoms with Gasteiger partial charge in [-0.2, -0.15) is 0 Å². The number of methoxy groups -OCH3 is 1. The minimum absolute atomic E-state index is 0.206. The SMILES string of the molecule is C=C(C)COCCNCC(C)(C)C(=O)OC. The van der Waals surface area contributed by atoms with Gasteiger partial charge in [0.05, 0.1) is 25.7 Å². The molecule has 0 aliphatic rings. The Morgan fingerprint density at radius 1 is 1.44 bits per heavy atom. The molecule has 16 heavy (non-hydrogen) atoms. The quantitative estimate of drug-likeness (QED) is 0.388. The summed E-state index contributed by atoms with van der Waals surface area (Å²) in [5.74, 6) is -0.206. The molecule has 0 aliphatic heterocycles. The van der Waals surface area contributed by atoms with E-state index in [-0.39, 0.29) is 5.97 Å². The zero-order valence-electron chi connectivity index (χ0n) is 10.8. The van der Waals surface area contributed by atoms with Crippen LogP contribution in [0.2, 0.25) is 0 Å². The first-order valence-corrected chi connectivity index (χ1v) is 5.41. The molecular formula is C12H23NO3. The molecule has 0 rings (SSSR count). The van der Waals surface area contributed by atoms with Crippen LogP contribution in [0.5, 0.6) is 0 Å². The summed E-state index contributed by atoms with van der Waals surface area (Å²) in [4.78, 5) is 11.3. The standard InChI is InChI=1S/C12H23NO3/c1-10(2)8-16-7-6-13-9-12(3,4)11(14)15-5/h13H,1,6-9H2,2-5H3. The van der Waals surface area contributed by atoms with Crippen molar-refractivity contribution in [3.05, 3.63) is 12.2 Å². The predicted octanol–water partition coefficient (Wildman–Crippen LogP) is 1.37. The van der Waals surface area contributed by atoms with Crippen LogP contribution >= 0.6 is 0 Å². The average Bonchev–Trinajstić information content (AvgIpc) is 2.21. The zero-order valence-corrected chi connectivity index (χ0v) is 10.8. The van der Waals surface area contributed by atoms with Gasteiger partial charge >= 0.3 is 5.97 Å². The molecule has 0 atom stereocenters. The minimum Gasteiger partial charge on any atom is -0.469 e. The largest absolute Gasteiger partial charge is 0.469 e. The highest BCUT2D eigenvalue weighted by Gasteiger charge is 2.27. The molecule has 94 valence electrons. The van der Waals surface area contributed by atoms with Crippen molar-refractivity contribution in [3.8, 4) is 0 Å². The second-order valence-electron chi connectivity index (χ2n) is 4.56. The lowest BCUT2D eigenvalue weighted by Gasteiger charge is -2.21. The van der Waals surface area contributed by atoms with Crippen molar-refractivity contribution in [2.45, 2.75) is 20.8 Å². The molecule has 0 saturated carbocycles. The van der Waals surface area contributed by atoms with E-state index < -0.39 is 5.41 Å². The fourth-order valence-corrected chi connectivity index (χ4v) is 1.14. The Labute approximate surface area is 98.0 Å². The van der Waals surface area contributed by atoms with Crippen molar-refractivity contribution in [3.63, 3.8) is 0 Å². The molecule has 0 bridgehead atoms. The van der Waals surface area contributed by atoms with E-state index in [0.717, 1.165) is 5.57 Å². The van der Waals surface area contributed by atoms with E-state index in [4.69, 9.17) is 9.47 Å². The molecule has 0 saturated heterocycles. The van der Waals surface area contributed by atoms with Gasteiger partial charge in [0, 0.05) is 13.1 Å². The van der Waals surface area contributed by atoms with Crippen molar-refractivity contribution >= 4 is 5.97 Å². The third kappa shape index (κ3) is 6.58. The van der Waals surface area contributed by atoms with E-state index in [0.29, 0.717) is 26.3 Å². The molecule has 0 spiro atoms. The molecule has 0 radical (unpaired) electrons. The van der Waals surface area contributed by atoms with E-state index >= 15 is 0 Å². The maximum Gasteiger partial charge on any atom is 0.312 e. The molecule has 0 aliphatic carbocycles. The zero-order chi connectivity index (χ0) is 12.6. The van der Waals surface area contributed by atoms with Crippen LogP contribution in [0.4, 0.5) is 0 Å². The number of esters is 1. The summed E-state index contributed by atoms with van der Waals surface area (Å²) in [6, 6.07) is 0. The lowest BCUT2D eigenvalue weighted by Crippen LogP contribution is -2.38. The Morgan fingerprint density at radius 3 is 2.56 bits per heavy atom. The Kier molecular flexibility index (Phi) is 7.01. The van der Waals surface area contributed by atoms with Crippen LogP contribution in [0.3, 0.4) is 0 Å². The normalized spacial score (nSPS) is 11.2. The monoisotopic (exact) mass is 229 g/mol. The molecule has 0 aromatic carbocycles. The van der Waals surface area contributed by atoms with Gasteiger partial charge in [0.1, 0.15) is 0 Å². The molecule has 0 amide bonds. The van der Waals surface area contributed by atoms with Crippen LogP contribution in [-0.2, 0) is 14.3 Å². The van der Waals surface area contributed by atoms with Gasteiger partial charge in [-0.15, -0.1) is 0 Å². The number of hydrogen-bond donors (Lipinski definition) is 1. The van der Waals surface area contributed by atoms with Crippen molar-refractivity contribution < 1.29 is 14.3 Å². The molecule has 4 heteroatoms. The van der Waals surface area contributed by atoms with Gasteiger partial charge in [0.25, 0.3) is 0 Å². The summed E-state index contributed by atoms with van der Waals surface area (Å²) in [6.45, 7) is 11.9. The van der Waals surface area contributed by atoms with Crippen LogP contribution in [0.25, 0.3) is 0 Å². The maximum atomic E-state index is 11.3. The number of carbonyl (C=O) groups excluding carboxylic acids is 1. The van der Waals surface area contributed by atoms with Crippen LogP contribution in [0.15, 0.2) is 12.2 Å². The average molecular weight is 229 g/mol. The van der Waals surface area contributed by atoms with Gasteiger partial charge in [0.2, 0.25) is 0 Å². The van der Waals surface area contributed by atoms with Crippen molar-refractivity contribution in [1.29, 1.82) is 0 Å². The lowest BCUT2D eigenvalue weighted by molar-refractivity contribution is -0.150. The van der Waals surface area contributed by atoms with Gasteiger partial charge in [-0.3, -0.25) is 4.79 Å². The first kappa shape index (κ1) is 15.1. The fourth-order valence-electron chi connectivity index (χ4n) is 1.14. The van der Waals surface area contributed by atoms with Gasteiger partial charge in [-0.1, -0.05) is 12.2 Å². The van der Waals surface area contributed by atoms with Crippen molar-refractivity contribution in [1.82, 2.24) is 5.32 Å². The second kappa shape index (κ2) is 7.41. The molecular weight excluding hydrogens is 206 g/mol. The number of nitrogens with one attached hydrogen (secondary N) is 1. The fraction of sp³-hybridized carbons (Fsp3) is 0.750. The van der Waals surface area contributed by atoms with E-state index in [1.165, 1.54) is 7.11 Å². The molecule has 0 aromatic rings. The highest BCUT2D eigenvalue weighted by molar-refractivity contribution is 5.76. The van der Waals surface area contributed by atoms with Crippen LogP contribution in [-0.4, -0.2) is 39.4 Å². The molecule has 0 unspecified atom stereocenters. The van der Waals surface area contributed by atoms with Crippen LogP contribution in [0, 0.1) is 5.41 Å². The molecule has 0 heterocycles. The highest BCUT2D eigenvalue weighted by atomic mass is 16.5. The Hall–Kier alpha value is -0.870. The summed E-state index contributed by atoms with van der Waals surface area (Å²) in [5.41, 5.74) is 0.512. The van der Waals surface area contributed by atoms with E-state index in [1.807, 2.05) is 20.8 Å². The van der Waals surface area contributed by atoms with E-state index in [2.05, 4.69) is 11.9 Å². The third-order valence-corrected chi connectivity index (χ3v) is 2.08. The van der Waals surface area contributed by atoms with E-state index in [1.54, 1.807) is 0 Å². The predicted molar refractivity (Wildman–Crippen MR) is 64.3 cm³/mol. The Bertz CT molecular complexity index is 236. The molecule has 4 nitrogen and oxygen atoms in total. The first-order chi connectivity index (χ1) is 7.40. The maximum absolute atomic E-state index is 11.3. The Balaban J connectivity index is 3.58. The second-order valence-corrected chi connectivity index (χ2v) is 4.56. The summed E-state index contributed by atoms with van der Waals surface area (Å²) < 4.78 is 10.0. The summed E-state index contributed by atoms with van der Waals surface area (Å²) >= 11 is 0. The highest BCUT2D eigenvalue weighted by Crippen LogP contribution is 2.14. The van der Waals surface area contributed by atoms with E-state index in [9.17, 15) is 4.79 Å². The van der Waals surface area contributed by atoms with Gasteiger partial charge in [0.15, 0.2) is 0 Å². The number of hydrogen-bond acceptors (Lipinski definition) is 4. The van der Waals surface area contributed by atoms with Gasteiger partial charge in [-0.25, -0.2) is 0 Å². The molecule has 0 fully saturated rings. The summed E-state index contributed by atoms with van der Waals surface area (Å²) in [7, 11) is 1.40. The third-order valence-electron chi connectivity index (χ3n) is 2.08. The topological polar surface area (TPSA) is 47.6 Å². The van der Waals surface area contributed by atoms with Gasteiger partial charge < -0.3 is 14.8 Å². The van der Waals surface area contributed by atoms with Crippen molar-refractivity contribution in [2.75, 3.05) is 33.4 Å². The molecule has 0 aromatic heterocycles. The number of rotatable bonds is 8. The number of ether oxygens (including phenoxy) is 2. The van der Waals surface area contributed by atoms with Crippen LogP contribution in [0.1, 0.15) is 20.8 Å². The Morgan fingerprint density at radius 2 is 2.06 bits per heavy atom. The molecule has 1 N–H and O–H groups in total. The van der Waals surface area contributed by atoms with Gasteiger partial charge in [-0.05, 0) is 20.8 Å². The summed E-state index contributed by atoms with van der Waals surface area (Å²) in [5, 5.41) is 3.16.